The van der Waals surface area contributed by atoms with Crippen LogP contribution in [0.15, 0.2) is 18.3 Å². The topological polar surface area (TPSA) is 50.9 Å². The molecule has 0 spiro atoms. The van der Waals surface area contributed by atoms with E-state index in [0.717, 1.165) is 18.1 Å². The molecule has 0 amide bonds. The van der Waals surface area contributed by atoms with E-state index in [1.54, 1.807) is 0 Å². The van der Waals surface area contributed by atoms with E-state index in [1.165, 1.54) is 29.9 Å². The van der Waals surface area contributed by atoms with Crippen LogP contribution in [0.3, 0.4) is 0 Å². The summed E-state index contributed by atoms with van der Waals surface area (Å²) in [6.07, 6.45) is 5.51. The molecule has 1 aromatic heterocycles. The van der Waals surface area contributed by atoms with Crippen LogP contribution in [0.25, 0.3) is 0 Å². The van der Waals surface area contributed by atoms with Gasteiger partial charge < -0.3 is 0 Å². The van der Waals surface area contributed by atoms with Crippen LogP contribution in [0.1, 0.15) is 43.9 Å². The first-order valence-corrected chi connectivity index (χ1v) is 8.35. The van der Waals surface area contributed by atoms with Gasteiger partial charge in [0, 0.05) is 29.6 Å². The van der Waals surface area contributed by atoms with Gasteiger partial charge in [-0.2, -0.15) is 11.8 Å². The third-order valence-corrected chi connectivity index (χ3v) is 5.18. The second-order valence-corrected chi connectivity index (χ2v) is 6.83. The predicted octanol–water partition coefficient (Wildman–Crippen LogP) is 2.72. The van der Waals surface area contributed by atoms with E-state index in [9.17, 15) is 0 Å². The van der Waals surface area contributed by atoms with Gasteiger partial charge in [0.1, 0.15) is 0 Å². The molecule has 1 aromatic rings. The van der Waals surface area contributed by atoms with Gasteiger partial charge in [-0.3, -0.25) is 16.3 Å². The van der Waals surface area contributed by atoms with Gasteiger partial charge in [-0.25, -0.2) is 0 Å². The molecule has 3 N–H and O–H groups in total. The molecule has 19 heavy (non-hydrogen) atoms. The summed E-state index contributed by atoms with van der Waals surface area (Å²) >= 11 is 1.99. The Balaban J connectivity index is 2.03. The van der Waals surface area contributed by atoms with Gasteiger partial charge in [-0.05, 0) is 42.6 Å². The van der Waals surface area contributed by atoms with Gasteiger partial charge in [0.25, 0.3) is 0 Å². The summed E-state index contributed by atoms with van der Waals surface area (Å²) < 4.78 is 0. The molecular formula is C15H25N3S. The highest BCUT2D eigenvalue weighted by Crippen LogP contribution is 2.33. The monoisotopic (exact) mass is 279 g/mol. The molecule has 0 fully saturated rings. The van der Waals surface area contributed by atoms with Crippen molar-refractivity contribution >= 4 is 11.8 Å². The fourth-order valence-electron chi connectivity index (χ4n) is 2.75. The molecular weight excluding hydrogens is 254 g/mol. The Morgan fingerprint density at radius 2 is 2.32 bits per heavy atom. The van der Waals surface area contributed by atoms with E-state index in [-0.39, 0.29) is 0 Å². The number of rotatable bonds is 6. The maximum absolute atomic E-state index is 5.79. The molecule has 2 rings (SSSR count). The second kappa shape index (κ2) is 7.27. The fourth-order valence-corrected chi connectivity index (χ4v) is 3.94. The number of nitrogens with one attached hydrogen (secondary N) is 1. The lowest BCUT2D eigenvalue weighted by atomic mass is 9.83. The van der Waals surface area contributed by atoms with E-state index in [2.05, 4.69) is 30.3 Å². The van der Waals surface area contributed by atoms with Crippen LogP contribution in [0.2, 0.25) is 0 Å². The normalized spacial score (nSPS) is 20.3. The molecule has 2 atom stereocenters. The van der Waals surface area contributed by atoms with Gasteiger partial charge in [-0.15, -0.1) is 0 Å². The molecule has 4 heteroatoms. The Bertz CT molecular complexity index is 395. The molecule has 0 saturated heterocycles. The molecule has 0 aliphatic heterocycles. The maximum Gasteiger partial charge on any atom is 0.0482 e. The maximum atomic E-state index is 5.79. The number of fused-ring (bicyclic) bond motifs is 1. The van der Waals surface area contributed by atoms with Gasteiger partial charge in [0.15, 0.2) is 0 Å². The SMILES string of the molecule is CC(C)CSCC(NN)C1CCCc2cccnc21. The zero-order valence-corrected chi connectivity index (χ0v) is 12.7. The number of aromatic nitrogens is 1. The molecule has 0 radical (unpaired) electrons. The van der Waals surface area contributed by atoms with Crippen LogP contribution in [-0.2, 0) is 6.42 Å². The van der Waals surface area contributed by atoms with Crippen molar-refractivity contribution in [1.82, 2.24) is 10.4 Å². The largest absolute Gasteiger partial charge is 0.271 e. The van der Waals surface area contributed by atoms with E-state index < -0.39 is 0 Å². The summed E-state index contributed by atoms with van der Waals surface area (Å²) in [7, 11) is 0. The number of aryl methyl sites for hydroxylation is 1. The lowest BCUT2D eigenvalue weighted by Crippen LogP contribution is -2.43. The smallest absolute Gasteiger partial charge is 0.0482 e. The van der Waals surface area contributed by atoms with Crippen LogP contribution in [0.4, 0.5) is 0 Å². The van der Waals surface area contributed by atoms with Crippen LogP contribution >= 0.6 is 11.8 Å². The summed E-state index contributed by atoms with van der Waals surface area (Å²) in [6, 6.07) is 4.58. The minimum absolute atomic E-state index is 0.331. The minimum Gasteiger partial charge on any atom is -0.271 e. The summed E-state index contributed by atoms with van der Waals surface area (Å²) in [6.45, 7) is 4.52. The first-order chi connectivity index (χ1) is 9.22. The Morgan fingerprint density at radius 3 is 3.05 bits per heavy atom. The number of thioether (sulfide) groups is 1. The van der Waals surface area contributed by atoms with E-state index in [4.69, 9.17) is 5.84 Å². The molecule has 1 aliphatic rings. The number of hydrogen-bond donors (Lipinski definition) is 2. The van der Waals surface area contributed by atoms with E-state index in [0.29, 0.717) is 12.0 Å². The lowest BCUT2D eigenvalue weighted by Gasteiger charge is -2.31. The number of hydrazine groups is 1. The molecule has 0 bridgehead atoms. The minimum atomic E-state index is 0.331. The van der Waals surface area contributed by atoms with Gasteiger partial charge >= 0.3 is 0 Å². The fraction of sp³-hybridized carbons (Fsp3) is 0.667. The van der Waals surface area contributed by atoms with Crippen molar-refractivity contribution in [3.05, 3.63) is 29.6 Å². The highest BCUT2D eigenvalue weighted by atomic mass is 32.2. The van der Waals surface area contributed by atoms with Crippen molar-refractivity contribution in [3.63, 3.8) is 0 Å². The van der Waals surface area contributed by atoms with Gasteiger partial charge in [-0.1, -0.05) is 19.9 Å². The molecule has 0 saturated carbocycles. The van der Waals surface area contributed by atoms with Crippen molar-refractivity contribution in [2.45, 2.75) is 45.1 Å². The Hall–Kier alpha value is -0.580. The third kappa shape index (κ3) is 3.94. The van der Waals surface area contributed by atoms with E-state index in [1.807, 2.05) is 24.0 Å². The predicted molar refractivity (Wildman–Crippen MR) is 83.2 cm³/mol. The van der Waals surface area contributed by atoms with Crippen molar-refractivity contribution < 1.29 is 0 Å². The van der Waals surface area contributed by atoms with Crippen molar-refractivity contribution in [2.75, 3.05) is 11.5 Å². The van der Waals surface area contributed by atoms with Crippen molar-refractivity contribution in [3.8, 4) is 0 Å². The summed E-state index contributed by atoms with van der Waals surface area (Å²) in [4.78, 5) is 4.61. The molecule has 1 heterocycles. The average molecular weight is 279 g/mol. The van der Waals surface area contributed by atoms with Crippen molar-refractivity contribution in [2.24, 2.45) is 11.8 Å². The second-order valence-electron chi connectivity index (χ2n) is 5.75. The Labute approximate surface area is 120 Å². The summed E-state index contributed by atoms with van der Waals surface area (Å²) in [5, 5.41) is 0. The highest BCUT2D eigenvalue weighted by molar-refractivity contribution is 7.99. The Kier molecular flexibility index (Phi) is 5.67. The molecule has 2 unspecified atom stereocenters. The van der Waals surface area contributed by atoms with E-state index >= 15 is 0 Å². The summed E-state index contributed by atoms with van der Waals surface area (Å²) in [5.74, 6) is 9.25. The Morgan fingerprint density at radius 1 is 1.47 bits per heavy atom. The van der Waals surface area contributed by atoms with Crippen molar-refractivity contribution in [1.29, 1.82) is 0 Å². The van der Waals surface area contributed by atoms with Crippen LogP contribution in [-0.4, -0.2) is 22.5 Å². The number of nitrogens with two attached hydrogens (primary N) is 1. The average Bonchev–Trinajstić information content (AvgIpc) is 2.43. The molecule has 3 nitrogen and oxygen atoms in total. The molecule has 0 aromatic carbocycles. The lowest BCUT2D eigenvalue weighted by molar-refractivity contribution is 0.417. The van der Waals surface area contributed by atoms with Gasteiger partial charge in [0.2, 0.25) is 0 Å². The number of nitrogens with zero attached hydrogens (tertiary/aromatic N) is 1. The first kappa shape index (κ1) is 14.8. The first-order valence-electron chi connectivity index (χ1n) is 7.20. The van der Waals surface area contributed by atoms with Crippen LogP contribution < -0.4 is 11.3 Å². The molecule has 106 valence electrons. The quantitative estimate of drug-likeness (QED) is 0.621. The number of pyridine rings is 1. The number of hydrogen-bond acceptors (Lipinski definition) is 4. The zero-order chi connectivity index (χ0) is 13.7. The zero-order valence-electron chi connectivity index (χ0n) is 11.9. The third-order valence-electron chi connectivity index (χ3n) is 3.69. The van der Waals surface area contributed by atoms with Crippen LogP contribution in [0.5, 0.6) is 0 Å². The van der Waals surface area contributed by atoms with Crippen LogP contribution in [0, 0.1) is 5.92 Å². The summed E-state index contributed by atoms with van der Waals surface area (Å²) in [5.41, 5.74) is 5.70. The van der Waals surface area contributed by atoms with Gasteiger partial charge in [0.05, 0.1) is 0 Å². The highest BCUT2D eigenvalue weighted by Gasteiger charge is 2.28. The molecule has 1 aliphatic carbocycles. The standard InChI is InChI=1S/C15H25N3S/c1-11(2)9-19-10-14(18-16)13-7-3-5-12-6-4-8-17-15(12)13/h4,6,8,11,13-14,18H,3,5,7,9-10,16H2,1-2H3.